The van der Waals surface area contributed by atoms with E-state index < -0.39 is 5.97 Å². The molecular weight excluding hydrogens is 258 g/mol. The number of carboxylic acid groups (broad SMARTS) is 1. The van der Waals surface area contributed by atoms with Gasteiger partial charge in [-0.3, -0.25) is 9.59 Å². The molecule has 1 amide bonds. The molecule has 114 valence electrons. The van der Waals surface area contributed by atoms with Crippen LogP contribution in [-0.2, 0) is 14.3 Å². The molecule has 0 aromatic carbocycles. The first kappa shape index (κ1) is 15.3. The van der Waals surface area contributed by atoms with Gasteiger partial charge in [0.2, 0.25) is 5.91 Å². The van der Waals surface area contributed by atoms with E-state index in [0.29, 0.717) is 18.8 Å². The van der Waals surface area contributed by atoms with Crippen molar-refractivity contribution < 1.29 is 19.4 Å². The lowest BCUT2D eigenvalue weighted by Gasteiger charge is -2.32. The fourth-order valence-corrected chi connectivity index (χ4v) is 3.38. The topological polar surface area (TPSA) is 66.8 Å². The molecule has 1 heterocycles. The van der Waals surface area contributed by atoms with Gasteiger partial charge in [0.25, 0.3) is 0 Å². The molecule has 1 saturated carbocycles. The first-order valence-corrected chi connectivity index (χ1v) is 7.63. The number of nitrogens with zero attached hydrogens (tertiary/aromatic N) is 1. The van der Waals surface area contributed by atoms with E-state index in [-0.39, 0.29) is 17.7 Å². The van der Waals surface area contributed by atoms with E-state index in [1.807, 2.05) is 7.05 Å². The summed E-state index contributed by atoms with van der Waals surface area (Å²) in [6.07, 6.45) is 5.05. The Hall–Kier alpha value is -1.10. The van der Waals surface area contributed by atoms with Gasteiger partial charge in [0.15, 0.2) is 0 Å². The van der Waals surface area contributed by atoms with Crippen molar-refractivity contribution in [1.82, 2.24) is 4.90 Å². The van der Waals surface area contributed by atoms with Crippen LogP contribution in [-0.4, -0.2) is 48.7 Å². The lowest BCUT2D eigenvalue weighted by Crippen LogP contribution is -2.40. The van der Waals surface area contributed by atoms with Crippen LogP contribution in [0.3, 0.4) is 0 Å². The highest BCUT2D eigenvalue weighted by Crippen LogP contribution is 2.30. The third kappa shape index (κ3) is 3.95. The van der Waals surface area contributed by atoms with Crippen LogP contribution in [0.4, 0.5) is 0 Å². The van der Waals surface area contributed by atoms with Crippen LogP contribution in [0, 0.1) is 17.8 Å². The average molecular weight is 283 g/mol. The van der Waals surface area contributed by atoms with E-state index >= 15 is 0 Å². The summed E-state index contributed by atoms with van der Waals surface area (Å²) >= 11 is 0. The highest BCUT2D eigenvalue weighted by molar-refractivity contribution is 5.80. The lowest BCUT2D eigenvalue weighted by atomic mass is 9.80. The molecule has 0 spiro atoms. The van der Waals surface area contributed by atoms with Gasteiger partial charge in [-0.15, -0.1) is 0 Å². The Morgan fingerprint density at radius 3 is 2.60 bits per heavy atom. The maximum atomic E-state index is 12.4. The molecule has 1 N–H and O–H groups in total. The predicted octanol–water partition coefficient (Wildman–Crippen LogP) is 1.76. The molecule has 2 fully saturated rings. The zero-order valence-corrected chi connectivity index (χ0v) is 12.2. The summed E-state index contributed by atoms with van der Waals surface area (Å²) in [5.41, 5.74) is 0. The van der Waals surface area contributed by atoms with Gasteiger partial charge in [0.05, 0.1) is 12.5 Å². The minimum Gasteiger partial charge on any atom is -0.481 e. The number of amides is 1. The summed E-state index contributed by atoms with van der Waals surface area (Å²) < 4.78 is 5.44. The normalized spacial score (nSPS) is 30.8. The van der Waals surface area contributed by atoms with Gasteiger partial charge < -0.3 is 14.7 Å². The Labute approximate surface area is 120 Å². The molecule has 1 aliphatic carbocycles. The van der Waals surface area contributed by atoms with Crippen LogP contribution in [0.5, 0.6) is 0 Å². The van der Waals surface area contributed by atoms with Crippen molar-refractivity contribution in [2.45, 2.75) is 38.5 Å². The fraction of sp³-hybridized carbons (Fsp3) is 0.867. The fourth-order valence-electron chi connectivity index (χ4n) is 3.38. The number of hydrogen-bond donors (Lipinski definition) is 1. The van der Waals surface area contributed by atoms with Gasteiger partial charge in [0.1, 0.15) is 0 Å². The van der Waals surface area contributed by atoms with Crippen molar-refractivity contribution in [3.8, 4) is 0 Å². The number of rotatable bonds is 4. The number of hydrogen-bond acceptors (Lipinski definition) is 3. The quantitative estimate of drug-likeness (QED) is 0.853. The minimum absolute atomic E-state index is 0.112. The van der Waals surface area contributed by atoms with Gasteiger partial charge in [-0.1, -0.05) is 6.42 Å². The molecule has 3 unspecified atom stereocenters. The van der Waals surface area contributed by atoms with Crippen molar-refractivity contribution in [3.05, 3.63) is 0 Å². The van der Waals surface area contributed by atoms with Crippen LogP contribution in [0.2, 0.25) is 0 Å². The second-order valence-corrected chi connectivity index (χ2v) is 6.20. The molecule has 0 aromatic heterocycles. The Morgan fingerprint density at radius 1 is 1.20 bits per heavy atom. The van der Waals surface area contributed by atoms with E-state index in [1.54, 1.807) is 4.90 Å². The standard InChI is InChI=1S/C15H25NO4/c1-16(9-11-4-3-7-20-10-11)14(17)12-5-2-6-13(8-12)15(18)19/h11-13H,2-10H2,1H3,(H,18,19). The van der Waals surface area contributed by atoms with Crippen molar-refractivity contribution in [1.29, 1.82) is 0 Å². The van der Waals surface area contributed by atoms with Gasteiger partial charge >= 0.3 is 5.97 Å². The predicted molar refractivity (Wildman–Crippen MR) is 74.3 cm³/mol. The van der Waals surface area contributed by atoms with E-state index in [9.17, 15) is 9.59 Å². The van der Waals surface area contributed by atoms with Crippen LogP contribution in [0.25, 0.3) is 0 Å². The van der Waals surface area contributed by atoms with Gasteiger partial charge in [-0.05, 0) is 38.0 Å². The van der Waals surface area contributed by atoms with Crippen molar-refractivity contribution in [2.75, 3.05) is 26.8 Å². The molecule has 5 nitrogen and oxygen atoms in total. The second kappa shape index (κ2) is 7.07. The summed E-state index contributed by atoms with van der Waals surface area (Å²) in [6.45, 7) is 2.30. The highest BCUT2D eigenvalue weighted by atomic mass is 16.5. The Morgan fingerprint density at radius 2 is 1.95 bits per heavy atom. The van der Waals surface area contributed by atoms with E-state index in [4.69, 9.17) is 9.84 Å². The first-order chi connectivity index (χ1) is 9.58. The molecular formula is C15H25NO4. The monoisotopic (exact) mass is 283 g/mol. The van der Waals surface area contributed by atoms with Gasteiger partial charge in [0, 0.05) is 26.1 Å². The maximum absolute atomic E-state index is 12.4. The lowest BCUT2D eigenvalue weighted by molar-refractivity contribution is -0.145. The van der Waals surface area contributed by atoms with Crippen molar-refractivity contribution in [2.24, 2.45) is 17.8 Å². The number of carbonyl (C=O) groups is 2. The molecule has 2 aliphatic rings. The summed E-state index contributed by atoms with van der Waals surface area (Å²) in [6, 6.07) is 0. The zero-order chi connectivity index (χ0) is 14.5. The maximum Gasteiger partial charge on any atom is 0.306 e. The third-order valence-electron chi connectivity index (χ3n) is 4.54. The molecule has 2 rings (SSSR count). The van der Waals surface area contributed by atoms with Crippen LogP contribution in [0.15, 0.2) is 0 Å². The molecule has 1 aliphatic heterocycles. The molecule has 0 aromatic rings. The van der Waals surface area contributed by atoms with Gasteiger partial charge in [-0.25, -0.2) is 0 Å². The minimum atomic E-state index is -0.758. The number of carbonyl (C=O) groups excluding carboxylic acids is 1. The number of carboxylic acids is 1. The Kier molecular flexibility index (Phi) is 5.40. The third-order valence-corrected chi connectivity index (χ3v) is 4.54. The molecule has 20 heavy (non-hydrogen) atoms. The summed E-state index contributed by atoms with van der Waals surface area (Å²) in [7, 11) is 1.83. The Balaban J connectivity index is 1.84. The largest absolute Gasteiger partial charge is 0.481 e. The molecule has 3 atom stereocenters. The molecule has 5 heteroatoms. The first-order valence-electron chi connectivity index (χ1n) is 7.63. The van der Waals surface area contributed by atoms with Crippen LogP contribution in [0.1, 0.15) is 38.5 Å². The van der Waals surface area contributed by atoms with Crippen LogP contribution >= 0.6 is 0 Å². The molecule has 1 saturated heterocycles. The number of ether oxygens (including phenoxy) is 1. The molecule has 0 bridgehead atoms. The SMILES string of the molecule is CN(CC1CCCOC1)C(=O)C1CCCC(C(=O)O)C1. The summed E-state index contributed by atoms with van der Waals surface area (Å²) in [5.74, 6) is -0.674. The summed E-state index contributed by atoms with van der Waals surface area (Å²) in [4.78, 5) is 25.3. The molecule has 0 radical (unpaired) electrons. The van der Waals surface area contributed by atoms with Crippen molar-refractivity contribution in [3.63, 3.8) is 0 Å². The van der Waals surface area contributed by atoms with E-state index in [0.717, 1.165) is 45.4 Å². The zero-order valence-electron chi connectivity index (χ0n) is 12.2. The smallest absolute Gasteiger partial charge is 0.306 e. The summed E-state index contributed by atoms with van der Waals surface area (Å²) in [5, 5.41) is 9.10. The van der Waals surface area contributed by atoms with Crippen LogP contribution < -0.4 is 0 Å². The van der Waals surface area contributed by atoms with E-state index in [1.165, 1.54) is 0 Å². The highest BCUT2D eigenvalue weighted by Gasteiger charge is 2.33. The van der Waals surface area contributed by atoms with E-state index in [2.05, 4.69) is 0 Å². The Bertz CT molecular complexity index is 352. The number of aliphatic carboxylic acids is 1. The van der Waals surface area contributed by atoms with Crippen molar-refractivity contribution >= 4 is 11.9 Å². The average Bonchev–Trinajstić information content (AvgIpc) is 2.47. The van der Waals surface area contributed by atoms with Gasteiger partial charge in [-0.2, -0.15) is 0 Å². The second-order valence-electron chi connectivity index (χ2n) is 6.20.